The zero-order valence-corrected chi connectivity index (χ0v) is 12.4. The van der Waals surface area contributed by atoms with E-state index in [1.807, 2.05) is 24.3 Å². The predicted octanol–water partition coefficient (Wildman–Crippen LogP) is 1.88. The minimum atomic E-state index is -0.326. The summed E-state index contributed by atoms with van der Waals surface area (Å²) in [5.74, 6) is 0.514. The van der Waals surface area contributed by atoms with Gasteiger partial charge >= 0.3 is 0 Å². The number of nitrogens with zero attached hydrogens (tertiary/aromatic N) is 1. The molecular formula is C16H24N2O3. The van der Waals surface area contributed by atoms with Crippen LogP contribution in [0.1, 0.15) is 19.3 Å². The highest BCUT2D eigenvalue weighted by molar-refractivity contribution is 5.43. The second-order valence-corrected chi connectivity index (χ2v) is 5.76. The van der Waals surface area contributed by atoms with Gasteiger partial charge in [0.15, 0.2) is 5.79 Å². The van der Waals surface area contributed by atoms with Gasteiger partial charge in [-0.05, 0) is 31.5 Å². The van der Waals surface area contributed by atoms with E-state index in [0.717, 1.165) is 63.5 Å². The van der Waals surface area contributed by atoms with Crippen LogP contribution in [0.5, 0.6) is 5.75 Å². The van der Waals surface area contributed by atoms with Gasteiger partial charge in [-0.15, -0.1) is 0 Å². The summed E-state index contributed by atoms with van der Waals surface area (Å²) in [6, 6.07) is 7.57. The molecule has 2 aliphatic heterocycles. The number of likely N-dealkylation sites (tertiary alicyclic amines) is 1. The molecule has 0 atom stereocenters. The number of anilines is 1. The van der Waals surface area contributed by atoms with Gasteiger partial charge in [0.25, 0.3) is 0 Å². The van der Waals surface area contributed by atoms with Crippen molar-refractivity contribution in [3.63, 3.8) is 0 Å². The average molecular weight is 292 g/mol. The van der Waals surface area contributed by atoms with Crippen LogP contribution in [0.15, 0.2) is 24.3 Å². The lowest BCUT2D eigenvalue weighted by Gasteiger charge is -2.38. The zero-order valence-electron chi connectivity index (χ0n) is 12.4. The Hall–Kier alpha value is -1.30. The van der Waals surface area contributed by atoms with Crippen LogP contribution in [-0.4, -0.2) is 50.1 Å². The van der Waals surface area contributed by atoms with Crippen molar-refractivity contribution in [3.8, 4) is 5.75 Å². The standard InChI is InChI=1S/C16H24N2O3/c17-14-4-1-5-15(12-14)19-9-3-8-18-7-2-6-16(13-18)20-10-11-21-16/h1,4-5,12H,2-3,6-11,13,17H2. The highest BCUT2D eigenvalue weighted by Crippen LogP contribution is 2.30. The fourth-order valence-corrected chi connectivity index (χ4v) is 3.08. The molecule has 1 spiro atoms. The topological polar surface area (TPSA) is 57.0 Å². The highest BCUT2D eigenvalue weighted by Gasteiger charge is 2.40. The second-order valence-electron chi connectivity index (χ2n) is 5.76. The third kappa shape index (κ3) is 3.87. The number of benzene rings is 1. The Morgan fingerprint density at radius 3 is 2.95 bits per heavy atom. The normalized spacial score (nSPS) is 21.7. The summed E-state index contributed by atoms with van der Waals surface area (Å²) in [6.07, 6.45) is 3.14. The molecule has 0 bridgehead atoms. The van der Waals surface area contributed by atoms with Crippen LogP contribution in [0.2, 0.25) is 0 Å². The first-order valence-corrected chi connectivity index (χ1v) is 7.74. The van der Waals surface area contributed by atoms with Crippen molar-refractivity contribution in [1.29, 1.82) is 0 Å². The third-order valence-corrected chi connectivity index (χ3v) is 4.06. The average Bonchev–Trinajstić information content (AvgIpc) is 2.92. The maximum atomic E-state index is 5.79. The van der Waals surface area contributed by atoms with Gasteiger partial charge in [0.1, 0.15) is 5.75 Å². The Bertz CT molecular complexity index is 461. The van der Waals surface area contributed by atoms with E-state index >= 15 is 0 Å². The van der Waals surface area contributed by atoms with Gasteiger partial charge in [0.2, 0.25) is 0 Å². The molecule has 2 saturated heterocycles. The van der Waals surface area contributed by atoms with E-state index in [2.05, 4.69) is 4.90 Å². The molecule has 2 fully saturated rings. The summed E-state index contributed by atoms with van der Waals surface area (Å²) in [5, 5.41) is 0. The Morgan fingerprint density at radius 1 is 1.29 bits per heavy atom. The Morgan fingerprint density at radius 2 is 2.14 bits per heavy atom. The van der Waals surface area contributed by atoms with Crippen molar-refractivity contribution in [3.05, 3.63) is 24.3 Å². The largest absolute Gasteiger partial charge is 0.493 e. The third-order valence-electron chi connectivity index (χ3n) is 4.06. The molecule has 0 aromatic heterocycles. The molecule has 3 rings (SSSR count). The minimum Gasteiger partial charge on any atom is -0.493 e. The van der Waals surface area contributed by atoms with Gasteiger partial charge in [-0.25, -0.2) is 0 Å². The number of piperidine rings is 1. The molecule has 21 heavy (non-hydrogen) atoms. The number of nitrogens with two attached hydrogens (primary N) is 1. The van der Waals surface area contributed by atoms with E-state index in [4.69, 9.17) is 19.9 Å². The molecule has 5 nitrogen and oxygen atoms in total. The maximum absolute atomic E-state index is 5.79. The van der Waals surface area contributed by atoms with Crippen LogP contribution in [0.3, 0.4) is 0 Å². The van der Waals surface area contributed by atoms with E-state index < -0.39 is 0 Å². The van der Waals surface area contributed by atoms with Gasteiger partial charge in [-0.2, -0.15) is 0 Å². The number of ether oxygens (including phenoxy) is 3. The molecule has 0 radical (unpaired) electrons. The Balaban J connectivity index is 1.39. The number of hydrogen-bond donors (Lipinski definition) is 1. The molecule has 2 N–H and O–H groups in total. The van der Waals surface area contributed by atoms with Crippen molar-refractivity contribution in [1.82, 2.24) is 4.90 Å². The van der Waals surface area contributed by atoms with E-state index in [1.165, 1.54) is 0 Å². The number of nitrogen functional groups attached to an aromatic ring is 1. The summed E-state index contributed by atoms with van der Waals surface area (Å²) >= 11 is 0. The second kappa shape index (κ2) is 6.64. The highest BCUT2D eigenvalue weighted by atomic mass is 16.7. The van der Waals surface area contributed by atoms with Gasteiger partial charge in [-0.1, -0.05) is 6.07 Å². The smallest absolute Gasteiger partial charge is 0.181 e. The first-order chi connectivity index (χ1) is 10.3. The molecule has 1 aromatic carbocycles. The predicted molar refractivity (Wildman–Crippen MR) is 81.3 cm³/mol. The molecule has 0 amide bonds. The van der Waals surface area contributed by atoms with Crippen molar-refractivity contribution >= 4 is 5.69 Å². The van der Waals surface area contributed by atoms with Gasteiger partial charge < -0.3 is 19.9 Å². The van der Waals surface area contributed by atoms with Crippen molar-refractivity contribution in [2.45, 2.75) is 25.0 Å². The van der Waals surface area contributed by atoms with Crippen LogP contribution in [-0.2, 0) is 9.47 Å². The van der Waals surface area contributed by atoms with Crippen molar-refractivity contribution in [2.75, 3.05) is 45.2 Å². The van der Waals surface area contributed by atoms with Crippen LogP contribution in [0.4, 0.5) is 5.69 Å². The zero-order chi connectivity index (χ0) is 14.5. The molecule has 0 saturated carbocycles. The fourth-order valence-electron chi connectivity index (χ4n) is 3.08. The Labute approximate surface area is 126 Å². The summed E-state index contributed by atoms with van der Waals surface area (Å²) in [7, 11) is 0. The number of hydrogen-bond acceptors (Lipinski definition) is 5. The van der Waals surface area contributed by atoms with Gasteiger partial charge in [0.05, 0.1) is 26.4 Å². The summed E-state index contributed by atoms with van der Waals surface area (Å²) in [4.78, 5) is 2.41. The lowest BCUT2D eigenvalue weighted by atomic mass is 10.0. The molecule has 2 heterocycles. The van der Waals surface area contributed by atoms with Crippen molar-refractivity contribution < 1.29 is 14.2 Å². The molecule has 5 heteroatoms. The minimum absolute atomic E-state index is 0.326. The molecule has 0 unspecified atom stereocenters. The van der Waals surface area contributed by atoms with Crippen LogP contribution >= 0.6 is 0 Å². The maximum Gasteiger partial charge on any atom is 0.181 e. The molecule has 1 aromatic rings. The summed E-state index contributed by atoms with van der Waals surface area (Å²) < 4.78 is 17.3. The summed E-state index contributed by atoms with van der Waals surface area (Å²) in [6.45, 7) is 5.17. The lowest BCUT2D eigenvalue weighted by Crippen LogP contribution is -2.49. The number of rotatable bonds is 5. The Kier molecular flexibility index (Phi) is 4.63. The molecule has 2 aliphatic rings. The first kappa shape index (κ1) is 14.6. The SMILES string of the molecule is Nc1cccc(OCCCN2CCCC3(C2)OCCO3)c1. The van der Waals surface area contributed by atoms with Crippen LogP contribution < -0.4 is 10.5 Å². The van der Waals surface area contributed by atoms with Crippen LogP contribution in [0.25, 0.3) is 0 Å². The van der Waals surface area contributed by atoms with Crippen molar-refractivity contribution in [2.24, 2.45) is 0 Å². The molecular weight excluding hydrogens is 268 g/mol. The quantitative estimate of drug-likeness (QED) is 0.663. The molecule has 116 valence electrons. The first-order valence-electron chi connectivity index (χ1n) is 7.74. The molecule has 0 aliphatic carbocycles. The van der Waals surface area contributed by atoms with E-state index in [-0.39, 0.29) is 5.79 Å². The monoisotopic (exact) mass is 292 g/mol. The van der Waals surface area contributed by atoms with E-state index in [9.17, 15) is 0 Å². The lowest BCUT2D eigenvalue weighted by molar-refractivity contribution is -0.189. The van der Waals surface area contributed by atoms with E-state index in [0.29, 0.717) is 6.61 Å². The van der Waals surface area contributed by atoms with Gasteiger partial charge in [0, 0.05) is 24.7 Å². The van der Waals surface area contributed by atoms with E-state index in [1.54, 1.807) is 0 Å². The fraction of sp³-hybridized carbons (Fsp3) is 0.625. The summed E-state index contributed by atoms with van der Waals surface area (Å²) in [5.41, 5.74) is 6.47. The van der Waals surface area contributed by atoms with Gasteiger partial charge in [-0.3, -0.25) is 4.90 Å². The van der Waals surface area contributed by atoms with Crippen LogP contribution in [0, 0.1) is 0 Å².